The Morgan fingerprint density at radius 3 is 1.80 bits per heavy atom. The lowest BCUT2D eigenvalue weighted by Crippen LogP contribution is -2.26. The van der Waals surface area contributed by atoms with Crippen LogP contribution in [0.3, 0.4) is 0 Å². The summed E-state index contributed by atoms with van der Waals surface area (Å²) in [4.78, 5) is 0. The molecule has 0 aliphatic heterocycles. The molecule has 0 saturated carbocycles. The van der Waals surface area contributed by atoms with Crippen LogP contribution < -0.4 is 5.73 Å². The summed E-state index contributed by atoms with van der Waals surface area (Å²) in [5.41, 5.74) is 5.97. The smallest absolute Gasteiger partial charge is 0.0576 e. The maximum Gasteiger partial charge on any atom is 0.0576 e. The standard InChI is InChI=1S/C17H37NO2/c1-2-3-4-5-6-7-8-9-10-11-12-16(18)15-17(20)13-14-19/h16-17,19-20H,2-15,18H2,1H3. The molecule has 2 atom stereocenters. The number of nitrogens with two attached hydrogens (primary N) is 1. The Labute approximate surface area is 126 Å². The zero-order valence-electron chi connectivity index (χ0n) is 13.5. The van der Waals surface area contributed by atoms with E-state index in [1.54, 1.807) is 0 Å². The molecule has 0 aromatic heterocycles. The van der Waals surface area contributed by atoms with Gasteiger partial charge in [0.25, 0.3) is 0 Å². The molecule has 0 rings (SSSR count). The molecule has 122 valence electrons. The Kier molecular flexibility index (Phi) is 15.2. The minimum atomic E-state index is -0.432. The summed E-state index contributed by atoms with van der Waals surface area (Å²) >= 11 is 0. The van der Waals surface area contributed by atoms with Gasteiger partial charge in [0.15, 0.2) is 0 Å². The summed E-state index contributed by atoms with van der Waals surface area (Å²) in [5.74, 6) is 0. The van der Waals surface area contributed by atoms with E-state index >= 15 is 0 Å². The first-order chi connectivity index (χ1) is 9.70. The predicted octanol–water partition coefficient (Wildman–Crippen LogP) is 3.76. The Morgan fingerprint density at radius 1 is 0.800 bits per heavy atom. The zero-order valence-corrected chi connectivity index (χ0v) is 13.5. The summed E-state index contributed by atoms with van der Waals surface area (Å²) in [6.07, 6.45) is 15.0. The third-order valence-electron chi connectivity index (χ3n) is 3.97. The third kappa shape index (κ3) is 14.3. The maximum atomic E-state index is 9.54. The van der Waals surface area contributed by atoms with Gasteiger partial charge in [-0.25, -0.2) is 0 Å². The second-order valence-corrected chi connectivity index (χ2v) is 6.13. The molecule has 4 N–H and O–H groups in total. The van der Waals surface area contributed by atoms with Gasteiger partial charge in [0.05, 0.1) is 6.10 Å². The molecule has 0 heterocycles. The molecule has 0 spiro atoms. The molecule has 0 aromatic rings. The van der Waals surface area contributed by atoms with Crippen LogP contribution in [-0.4, -0.2) is 29.0 Å². The Bertz CT molecular complexity index is 188. The average molecular weight is 287 g/mol. The van der Waals surface area contributed by atoms with Crippen molar-refractivity contribution in [2.75, 3.05) is 6.61 Å². The minimum Gasteiger partial charge on any atom is -0.396 e. The van der Waals surface area contributed by atoms with Crippen LogP contribution in [-0.2, 0) is 0 Å². The molecule has 0 aliphatic rings. The van der Waals surface area contributed by atoms with Crippen LogP contribution in [0.25, 0.3) is 0 Å². The van der Waals surface area contributed by atoms with Crippen molar-refractivity contribution >= 4 is 0 Å². The molecule has 0 aliphatic carbocycles. The SMILES string of the molecule is CCCCCCCCCCCCC(N)CC(O)CCO. The topological polar surface area (TPSA) is 66.5 Å². The first-order valence-corrected chi connectivity index (χ1v) is 8.75. The second-order valence-electron chi connectivity index (χ2n) is 6.13. The van der Waals surface area contributed by atoms with Crippen molar-refractivity contribution in [2.24, 2.45) is 5.73 Å². The van der Waals surface area contributed by atoms with Gasteiger partial charge >= 0.3 is 0 Å². The Morgan fingerprint density at radius 2 is 1.30 bits per heavy atom. The van der Waals surface area contributed by atoms with Gasteiger partial charge < -0.3 is 15.9 Å². The van der Waals surface area contributed by atoms with E-state index in [9.17, 15) is 5.11 Å². The largest absolute Gasteiger partial charge is 0.396 e. The summed E-state index contributed by atoms with van der Waals surface area (Å²) in [6.45, 7) is 2.31. The highest BCUT2D eigenvalue weighted by Crippen LogP contribution is 2.13. The quantitative estimate of drug-likeness (QED) is 0.402. The molecular weight excluding hydrogens is 250 g/mol. The van der Waals surface area contributed by atoms with Crippen LogP contribution in [0.5, 0.6) is 0 Å². The van der Waals surface area contributed by atoms with Gasteiger partial charge in [0, 0.05) is 12.6 Å². The molecule has 0 fully saturated rings. The van der Waals surface area contributed by atoms with E-state index in [0.29, 0.717) is 12.8 Å². The average Bonchev–Trinajstić information content (AvgIpc) is 2.41. The summed E-state index contributed by atoms with van der Waals surface area (Å²) < 4.78 is 0. The maximum absolute atomic E-state index is 9.54. The molecule has 0 saturated heterocycles. The fourth-order valence-electron chi connectivity index (χ4n) is 2.63. The van der Waals surface area contributed by atoms with Crippen LogP contribution in [0.1, 0.15) is 90.4 Å². The first kappa shape index (κ1) is 19.9. The van der Waals surface area contributed by atoms with E-state index in [2.05, 4.69) is 6.92 Å². The van der Waals surface area contributed by atoms with Gasteiger partial charge in [-0.3, -0.25) is 0 Å². The monoisotopic (exact) mass is 287 g/mol. The van der Waals surface area contributed by atoms with Gasteiger partial charge in [-0.15, -0.1) is 0 Å². The lowest BCUT2D eigenvalue weighted by Gasteiger charge is -2.15. The van der Waals surface area contributed by atoms with Gasteiger partial charge in [0.1, 0.15) is 0 Å². The van der Waals surface area contributed by atoms with Crippen molar-refractivity contribution in [3.05, 3.63) is 0 Å². The van der Waals surface area contributed by atoms with E-state index < -0.39 is 6.10 Å². The predicted molar refractivity (Wildman–Crippen MR) is 86.8 cm³/mol. The van der Waals surface area contributed by atoms with Crippen molar-refractivity contribution in [3.8, 4) is 0 Å². The minimum absolute atomic E-state index is 0.0478. The lowest BCUT2D eigenvalue weighted by atomic mass is 10.0. The van der Waals surface area contributed by atoms with Crippen LogP contribution in [0.15, 0.2) is 0 Å². The van der Waals surface area contributed by atoms with E-state index in [4.69, 9.17) is 10.8 Å². The van der Waals surface area contributed by atoms with E-state index in [-0.39, 0.29) is 12.6 Å². The molecule has 0 radical (unpaired) electrons. The number of hydrogen-bond acceptors (Lipinski definition) is 3. The zero-order chi connectivity index (χ0) is 15.1. The Balaban J connectivity index is 3.19. The van der Waals surface area contributed by atoms with Crippen molar-refractivity contribution in [2.45, 2.75) is 103 Å². The fraction of sp³-hybridized carbons (Fsp3) is 1.00. The normalized spacial score (nSPS) is 14.4. The van der Waals surface area contributed by atoms with Gasteiger partial charge in [-0.2, -0.15) is 0 Å². The number of aliphatic hydroxyl groups is 2. The molecule has 0 amide bonds. The summed E-state index contributed by atoms with van der Waals surface area (Å²) in [5, 5.41) is 18.3. The third-order valence-corrected chi connectivity index (χ3v) is 3.97. The lowest BCUT2D eigenvalue weighted by molar-refractivity contribution is 0.117. The number of unbranched alkanes of at least 4 members (excludes halogenated alkanes) is 9. The van der Waals surface area contributed by atoms with Crippen LogP contribution in [0, 0.1) is 0 Å². The van der Waals surface area contributed by atoms with Gasteiger partial charge in [-0.05, 0) is 19.3 Å². The molecular formula is C17H37NO2. The highest BCUT2D eigenvalue weighted by atomic mass is 16.3. The van der Waals surface area contributed by atoms with Gasteiger partial charge in [0.2, 0.25) is 0 Å². The van der Waals surface area contributed by atoms with Crippen molar-refractivity contribution in [1.29, 1.82) is 0 Å². The summed E-state index contributed by atoms with van der Waals surface area (Å²) in [6, 6.07) is 0.0885. The Hall–Kier alpha value is -0.120. The highest BCUT2D eigenvalue weighted by molar-refractivity contribution is 4.67. The van der Waals surface area contributed by atoms with E-state index in [1.807, 2.05) is 0 Å². The number of rotatable bonds is 15. The van der Waals surface area contributed by atoms with Crippen molar-refractivity contribution < 1.29 is 10.2 Å². The van der Waals surface area contributed by atoms with Crippen LogP contribution in [0.2, 0.25) is 0 Å². The number of aliphatic hydroxyl groups excluding tert-OH is 2. The molecule has 3 heteroatoms. The molecule has 20 heavy (non-hydrogen) atoms. The fourth-order valence-corrected chi connectivity index (χ4v) is 2.63. The van der Waals surface area contributed by atoms with Crippen LogP contribution in [0.4, 0.5) is 0 Å². The van der Waals surface area contributed by atoms with Crippen molar-refractivity contribution in [1.82, 2.24) is 0 Å². The summed E-state index contributed by atoms with van der Waals surface area (Å²) in [7, 11) is 0. The highest BCUT2D eigenvalue weighted by Gasteiger charge is 2.09. The van der Waals surface area contributed by atoms with Crippen molar-refractivity contribution in [3.63, 3.8) is 0 Å². The van der Waals surface area contributed by atoms with E-state index in [1.165, 1.54) is 64.2 Å². The molecule has 2 unspecified atom stereocenters. The second kappa shape index (κ2) is 15.3. The van der Waals surface area contributed by atoms with E-state index in [0.717, 1.165) is 6.42 Å². The van der Waals surface area contributed by atoms with Crippen LogP contribution >= 0.6 is 0 Å². The number of hydrogen-bond donors (Lipinski definition) is 3. The van der Waals surface area contributed by atoms with Gasteiger partial charge in [-0.1, -0.05) is 71.1 Å². The first-order valence-electron chi connectivity index (χ1n) is 8.75. The molecule has 0 bridgehead atoms. The molecule has 0 aromatic carbocycles. The molecule has 3 nitrogen and oxygen atoms in total.